The normalized spacial score (nSPS) is 19.4. The van der Waals surface area contributed by atoms with Gasteiger partial charge in [-0.3, -0.25) is 4.99 Å². The molecule has 2 aliphatic heterocycles. The van der Waals surface area contributed by atoms with Crippen molar-refractivity contribution in [3.05, 3.63) is 64.2 Å². The molecule has 0 radical (unpaired) electrons. The number of fused-ring (bicyclic) bond motifs is 1. The number of amidine groups is 1. The first-order valence-electron chi connectivity index (χ1n) is 10.4. The number of hydrogen-bond donors (Lipinski definition) is 1. The molecule has 4 nitrogen and oxygen atoms in total. The number of aliphatic imine (C=N–C) groups is 1. The van der Waals surface area contributed by atoms with E-state index in [1.807, 2.05) is 18.2 Å². The zero-order valence-corrected chi connectivity index (χ0v) is 18.1. The van der Waals surface area contributed by atoms with E-state index in [-0.39, 0.29) is 5.41 Å². The average molecular weight is 412 g/mol. The van der Waals surface area contributed by atoms with Gasteiger partial charge in [0.15, 0.2) is 0 Å². The molecule has 2 aromatic rings. The average Bonchev–Trinajstić information content (AvgIpc) is 2.71. The number of halogens is 1. The van der Waals surface area contributed by atoms with E-state index in [0.29, 0.717) is 6.54 Å². The number of ether oxygens (including phenoxy) is 1. The number of anilines is 1. The zero-order valence-electron chi connectivity index (χ0n) is 17.4. The Morgan fingerprint density at radius 2 is 1.93 bits per heavy atom. The molecule has 1 fully saturated rings. The Hall–Kier alpha value is -1.88. The Morgan fingerprint density at radius 3 is 2.69 bits per heavy atom. The van der Waals surface area contributed by atoms with Crippen LogP contribution in [-0.2, 0) is 24.1 Å². The van der Waals surface area contributed by atoms with Crippen LogP contribution in [0.5, 0.6) is 0 Å². The van der Waals surface area contributed by atoms with Crippen LogP contribution in [0.3, 0.4) is 0 Å². The van der Waals surface area contributed by atoms with E-state index in [4.69, 9.17) is 21.3 Å². The highest BCUT2D eigenvalue weighted by Gasteiger charge is 2.41. The van der Waals surface area contributed by atoms with Crippen LogP contribution in [0.25, 0.3) is 0 Å². The van der Waals surface area contributed by atoms with Gasteiger partial charge in [0.1, 0.15) is 5.84 Å². The molecule has 1 spiro atoms. The predicted octanol–water partition coefficient (Wildman–Crippen LogP) is 4.81. The lowest BCUT2D eigenvalue weighted by Crippen LogP contribution is -2.45. The maximum Gasteiger partial charge on any atom is 0.108 e. The van der Waals surface area contributed by atoms with Crippen LogP contribution in [0.15, 0.2) is 47.5 Å². The summed E-state index contributed by atoms with van der Waals surface area (Å²) < 4.78 is 5.68. The number of hydrogen-bond acceptors (Lipinski definition) is 3. The summed E-state index contributed by atoms with van der Waals surface area (Å²) in [6, 6.07) is 14.9. The van der Waals surface area contributed by atoms with E-state index in [1.165, 1.54) is 16.8 Å². The molecule has 29 heavy (non-hydrogen) atoms. The highest BCUT2D eigenvalue weighted by molar-refractivity contribution is 6.30. The smallest absolute Gasteiger partial charge is 0.108 e. The number of benzene rings is 2. The fourth-order valence-electron chi connectivity index (χ4n) is 4.30. The summed E-state index contributed by atoms with van der Waals surface area (Å²) in [5.74, 6) is 1.11. The number of nitrogens with one attached hydrogen (secondary N) is 1. The van der Waals surface area contributed by atoms with Crippen LogP contribution in [0.1, 0.15) is 29.5 Å². The second-order valence-corrected chi connectivity index (χ2v) is 8.97. The fraction of sp³-hybridized carbons (Fsp3) is 0.458. The minimum absolute atomic E-state index is 0.0506. The first kappa shape index (κ1) is 20.4. The standard InChI is InChI=1S/C24H30ClN3O/c1-28(2)11-8-18-6-7-20-16-24(9-12-29-13-10-24)23(27-22(20)15-18)26-17-19-4-3-5-21(25)14-19/h3-7,14-15H,8-13,16-17H2,1-2H3,(H,26,27). The van der Waals surface area contributed by atoms with E-state index < -0.39 is 0 Å². The van der Waals surface area contributed by atoms with Gasteiger partial charge in [0, 0.05) is 35.9 Å². The lowest BCUT2D eigenvalue weighted by Gasteiger charge is -2.42. The molecular weight excluding hydrogens is 382 g/mol. The lowest BCUT2D eigenvalue weighted by molar-refractivity contribution is 0.0448. The van der Waals surface area contributed by atoms with Gasteiger partial charge in [-0.2, -0.15) is 0 Å². The Kier molecular flexibility index (Phi) is 6.23. The molecule has 0 atom stereocenters. The van der Waals surface area contributed by atoms with Crippen molar-refractivity contribution >= 4 is 23.1 Å². The fourth-order valence-corrected chi connectivity index (χ4v) is 4.51. The van der Waals surface area contributed by atoms with Crippen LogP contribution >= 0.6 is 11.6 Å². The molecule has 2 aromatic carbocycles. The van der Waals surface area contributed by atoms with Gasteiger partial charge in [0.05, 0.1) is 6.54 Å². The van der Waals surface area contributed by atoms with E-state index in [0.717, 1.165) is 61.9 Å². The Bertz CT molecular complexity index is 887. The summed E-state index contributed by atoms with van der Waals surface area (Å²) in [4.78, 5) is 7.28. The molecule has 0 unspecified atom stereocenters. The van der Waals surface area contributed by atoms with E-state index >= 15 is 0 Å². The minimum Gasteiger partial charge on any atom is -0.381 e. The molecule has 2 aliphatic rings. The minimum atomic E-state index is 0.0506. The summed E-state index contributed by atoms with van der Waals surface area (Å²) in [6.07, 6.45) is 4.10. The molecule has 0 aliphatic carbocycles. The van der Waals surface area contributed by atoms with E-state index in [9.17, 15) is 0 Å². The van der Waals surface area contributed by atoms with Crippen molar-refractivity contribution in [2.75, 3.05) is 39.2 Å². The van der Waals surface area contributed by atoms with E-state index in [2.05, 4.69) is 48.6 Å². The number of rotatable bonds is 5. The molecule has 0 amide bonds. The van der Waals surface area contributed by atoms with Crippen LogP contribution in [-0.4, -0.2) is 44.6 Å². The third kappa shape index (κ3) is 4.82. The van der Waals surface area contributed by atoms with Gasteiger partial charge >= 0.3 is 0 Å². The third-order valence-corrected chi connectivity index (χ3v) is 6.30. The van der Waals surface area contributed by atoms with Gasteiger partial charge in [0.25, 0.3) is 0 Å². The maximum absolute atomic E-state index is 6.16. The van der Waals surface area contributed by atoms with Crippen molar-refractivity contribution < 1.29 is 4.74 Å². The first-order valence-corrected chi connectivity index (χ1v) is 10.8. The van der Waals surface area contributed by atoms with Gasteiger partial charge in [-0.15, -0.1) is 0 Å². The van der Waals surface area contributed by atoms with Gasteiger partial charge in [-0.25, -0.2) is 0 Å². The Morgan fingerprint density at radius 1 is 1.10 bits per heavy atom. The number of nitrogens with zero attached hydrogens (tertiary/aromatic N) is 2. The monoisotopic (exact) mass is 411 g/mol. The molecular formula is C24H30ClN3O. The summed E-state index contributed by atoms with van der Waals surface area (Å²) >= 11 is 6.16. The second-order valence-electron chi connectivity index (χ2n) is 8.53. The zero-order chi connectivity index (χ0) is 20.3. The Balaban J connectivity index is 1.61. The summed E-state index contributed by atoms with van der Waals surface area (Å²) in [6.45, 7) is 3.29. The largest absolute Gasteiger partial charge is 0.381 e. The Labute approximate surface area is 178 Å². The second kappa shape index (κ2) is 8.86. The molecule has 0 saturated carbocycles. The molecule has 4 rings (SSSR count). The van der Waals surface area contributed by atoms with Crippen LogP contribution < -0.4 is 5.32 Å². The molecule has 0 bridgehead atoms. The molecule has 5 heteroatoms. The predicted molar refractivity (Wildman–Crippen MR) is 121 cm³/mol. The molecule has 1 saturated heterocycles. The SMILES string of the molecule is CN(C)CCc1ccc2c(c1)NC(=NCc1cccc(Cl)c1)C1(CCOCC1)C2. The van der Waals surface area contributed by atoms with Gasteiger partial charge in [-0.05, 0) is 74.7 Å². The topological polar surface area (TPSA) is 36.9 Å². The summed E-state index contributed by atoms with van der Waals surface area (Å²) in [7, 11) is 4.23. The van der Waals surface area contributed by atoms with Gasteiger partial charge < -0.3 is 15.0 Å². The van der Waals surface area contributed by atoms with Crippen molar-refractivity contribution in [1.82, 2.24) is 4.90 Å². The molecule has 1 N–H and O–H groups in total. The third-order valence-electron chi connectivity index (χ3n) is 6.06. The molecule has 154 valence electrons. The van der Waals surface area contributed by atoms with Crippen LogP contribution in [0.2, 0.25) is 5.02 Å². The number of likely N-dealkylation sites (N-methyl/N-ethyl adjacent to an activating group) is 1. The van der Waals surface area contributed by atoms with Crippen LogP contribution in [0.4, 0.5) is 5.69 Å². The van der Waals surface area contributed by atoms with Crippen molar-refractivity contribution in [3.8, 4) is 0 Å². The molecule has 0 aromatic heterocycles. The van der Waals surface area contributed by atoms with Gasteiger partial charge in [-0.1, -0.05) is 35.9 Å². The maximum atomic E-state index is 6.16. The highest BCUT2D eigenvalue weighted by atomic mass is 35.5. The van der Waals surface area contributed by atoms with E-state index in [1.54, 1.807) is 0 Å². The van der Waals surface area contributed by atoms with Gasteiger partial charge in [0.2, 0.25) is 0 Å². The highest BCUT2D eigenvalue weighted by Crippen LogP contribution is 2.42. The van der Waals surface area contributed by atoms with Crippen molar-refractivity contribution in [3.63, 3.8) is 0 Å². The quantitative estimate of drug-likeness (QED) is 0.767. The summed E-state index contributed by atoms with van der Waals surface area (Å²) in [5.41, 5.74) is 5.15. The molecule has 2 heterocycles. The van der Waals surface area contributed by atoms with Crippen LogP contribution in [0, 0.1) is 5.41 Å². The van der Waals surface area contributed by atoms with Crippen molar-refractivity contribution in [1.29, 1.82) is 0 Å². The summed E-state index contributed by atoms with van der Waals surface area (Å²) in [5, 5.41) is 4.48. The van der Waals surface area contributed by atoms with Crippen molar-refractivity contribution in [2.45, 2.75) is 32.2 Å². The van der Waals surface area contributed by atoms with Crippen molar-refractivity contribution in [2.24, 2.45) is 10.4 Å². The lowest BCUT2D eigenvalue weighted by atomic mass is 9.71. The first-order chi connectivity index (χ1) is 14.0.